The van der Waals surface area contributed by atoms with Gasteiger partial charge in [-0.3, -0.25) is 9.59 Å². The third-order valence-corrected chi connectivity index (χ3v) is 2.87. The minimum atomic E-state index is -1.04. The van der Waals surface area contributed by atoms with Crippen molar-refractivity contribution in [3.63, 3.8) is 0 Å². The van der Waals surface area contributed by atoms with Crippen molar-refractivity contribution < 1.29 is 14.7 Å². The lowest BCUT2D eigenvalue weighted by atomic mass is 10.1. The lowest BCUT2D eigenvalue weighted by Gasteiger charge is -2.30. The van der Waals surface area contributed by atoms with Gasteiger partial charge in [-0.25, -0.2) is 0 Å². The van der Waals surface area contributed by atoms with Gasteiger partial charge in [-0.05, 0) is 19.8 Å². The average molecular weight is 244 g/mol. The molecule has 100 valence electrons. The Bertz CT molecular complexity index is 256. The number of carboxylic acids is 1. The van der Waals surface area contributed by atoms with Crippen LogP contribution < -0.4 is 5.73 Å². The number of aliphatic carboxylic acids is 1. The Kier molecular flexibility index (Phi) is 7.54. The summed E-state index contributed by atoms with van der Waals surface area (Å²) in [6, 6.07) is -0.827. The summed E-state index contributed by atoms with van der Waals surface area (Å²) < 4.78 is 0. The molecule has 0 saturated carbocycles. The van der Waals surface area contributed by atoms with Crippen LogP contribution in [0.3, 0.4) is 0 Å². The first-order valence-electron chi connectivity index (χ1n) is 6.21. The molecule has 0 aromatic rings. The van der Waals surface area contributed by atoms with E-state index >= 15 is 0 Å². The van der Waals surface area contributed by atoms with Gasteiger partial charge in [0.2, 0.25) is 5.91 Å². The molecule has 0 radical (unpaired) electrons. The number of hydrogen-bond acceptors (Lipinski definition) is 3. The zero-order valence-corrected chi connectivity index (χ0v) is 11.0. The molecule has 0 saturated heterocycles. The van der Waals surface area contributed by atoms with Crippen molar-refractivity contribution in [2.75, 3.05) is 6.54 Å². The van der Waals surface area contributed by atoms with Crippen molar-refractivity contribution in [2.45, 2.75) is 58.5 Å². The van der Waals surface area contributed by atoms with Crippen molar-refractivity contribution in [1.82, 2.24) is 4.90 Å². The van der Waals surface area contributed by atoms with Crippen LogP contribution in [0.15, 0.2) is 0 Å². The Balaban J connectivity index is 4.55. The van der Waals surface area contributed by atoms with Crippen LogP contribution in [0, 0.1) is 0 Å². The molecule has 2 unspecified atom stereocenters. The standard InChI is InChI=1S/C12H24N2O3/c1-4-6-7-14(9(3)5-2)12(17)10(13)8-11(15)16/h9-10H,4-8,13H2,1-3H3,(H,15,16). The second-order valence-electron chi connectivity index (χ2n) is 4.35. The Morgan fingerprint density at radius 3 is 2.35 bits per heavy atom. The fourth-order valence-electron chi connectivity index (χ4n) is 1.59. The number of amides is 1. The zero-order valence-electron chi connectivity index (χ0n) is 11.0. The Morgan fingerprint density at radius 1 is 1.35 bits per heavy atom. The molecule has 0 aromatic carbocycles. The molecule has 2 atom stereocenters. The smallest absolute Gasteiger partial charge is 0.305 e. The lowest BCUT2D eigenvalue weighted by Crippen LogP contribution is -2.48. The molecule has 0 rings (SSSR count). The SMILES string of the molecule is CCCCN(C(=O)C(N)CC(=O)O)C(C)CC. The summed E-state index contributed by atoms with van der Waals surface area (Å²) in [6.45, 7) is 6.66. The number of nitrogens with zero attached hydrogens (tertiary/aromatic N) is 1. The van der Waals surface area contributed by atoms with Gasteiger partial charge in [0.05, 0.1) is 12.5 Å². The summed E-state index contributed by atoms with van der Waals surface area (Å²) in [4.78, 5) is 24.3. The van der Waals surface area contributed by atoms with Crippen LogP contribution >= 0.6 is 0 Å². The van der Waals surface area contributed by atoms with E-state index in [9.17, 15) is 9.59 Å². The van der Waals surface area contributed by atoms with E-state index in [4.69, 9.17) is 10.8 Å². The minimum absolute atomic E-state index is 0.105. The second kappa shape index (κ2) is 8.06. The first kappa shape index (κ1) is 15.9. The summed E-state index contributed by atoms with van der Waals surface area (Å²) in [5.74, 6) is -1.29. The molecule has 0 fully saturated rings. The first-order valence-corrected chi connectivity index (χ1v) is 6.21. The molecular formula is C12H24N2O3. The van der Waals surface area contributed by atoms with Crippen LogP contribution in [-0.2, 0) is 9.59 Å². The van der Waals surface area contributed by atoms with E-state index in [1.165, 1.54) is 0 Å². The minimum Gasteiger partial charge on any atom is -0.481 e. The highest BCUT2D eigenvalue weighted by Crippen LogP contribution is 2.09. The van der Waals surface area contributed by atoms with E-state index < -0.39 is 12.0 Å². The predicted octanol–water partition coefficient (Wildman–Crippen LogP) is 1.22. The van der Waals surface area contributed by atoms with E-state index in [0.717, 1.165) is 19.3 Å². The maximum Gasteiger partial charge on any atom is 0.305 e. The largest absolute Gasteiger partial charge is 0.481 e. The number of unbranched alkanes of at least 4 members (excludes halogenated alkanes) is 1. The van der Waals surface area contributed by atoms with Crippen LogP contribution in [0.25, 0.3) is 0 Å². The molecule has 1 amide bonds. The van der Waals surface area contributed by atoms with Crippen LogP contribution in [0.2, 0.25) is 0 Å². The third kappa shape index (κ3) is 5.68. The number of nitrogens with two attached hydrogens (primary N) is 1. The van der Waals surface area contributed by atoms with E-state index in [1.807, 2.05) is 13.8 Å². The number of hydrogen-bond donors (Lipinski definition) is 2. The first-order chi connectivity index (χ1) is 7.93. The van der Waals surface area contributed by atoms with Gasteiger partial charge >= 0.3 is 5.97 Å². The van der Waals surface area contributed by atoms with E-state index in [0.29, 0.717) is 6.54 Å². The molecule has 0 heterocycles. The lowest BCUT2D eigenvalue weighted by molar-refractivity contribution is -0.142. The molecule has 5 heteroatoms. The van der Waals surface area contributed by atoms with Gasteiger partial charge in [0.15, 0.2) is 0 Å². The molecule has 17 heavy (non-hydrogen) atoms. The van der Waals surface area contributed by atoms with E-state index in [2.05, 4.69) is 6.92 Å². The molecule has 5 nitrogen and oxygen atoms in total. The summed E-state index contributed by atoms with van der Waals surface area (Å²) in [5, 5.41) is 8.64. The summed E-state index contributed by atoms with van der Waals surface area (Å²) in [7, 11) is 0. The van der Waals surface area contributed by atoms with Crippen LogP contribution in [0.5, 0.6) is 0 Å². The van der Waals surface area contributed by atoms with Crippen molar-refractivity contribution in [3.05, 3.63) is 0 Å². The van der Waals surface area contributed by atoms with Crippen LogP contribution in [0.1, 0.15) is 46.5 Å². The maximum absolute atomic E-state index is 12.0. The van der Waals surface area contributed by atoms with Gasteiger partial charge in [-0.1, -0.05) is 20.3 Å². The highest BCUT2D eigenvalue weighted by Gasteiger charge is 2.25. The highest BCUT2D eigenvalue weighted by atomic mass is 16.4. The van der Waals surface area contributed by atoms with Gasteiger partial charge in [-0.2, -0.15) is 0 Å². The van der Waals surface area contributed by atoms with Gasteiger partial charge < -0.3 is 15.7 Å². The fourth-order valence-corrected chi connectivity index (χ4v) is 1.59. The highest BCUT2D eigenvalue weighted by molar-refractivity contribution is 5.86. The molecular weight excluding hydrogens is 220 g/mol. The zero-order chi connectivity index (χ0) is 13.4. The Morgan fingerprint density at radius 2 is 1.94 bits per heavy atom. The molecule has 0 bridgehead atoms. The van der Waals surface area contributed by atoms with Crippen molar-refractivity contribution in [3.8, 4) is 0 Å². The number of carboxylic acid groups (broad SMARTS) is 1. The van der Waals surface area contributed by atoms with Gasteiger partial charge in [0.1, 0.15) is 0 Å². The topological polar surface area (TPSA) is 83.6 Å². The second-order valence-corrected chi connectivity index (χ2v) is 4.35. The van der Waals surface area contributed by atoms with Crippen molar-refractivity contribution >= 4 is 11.9 Å². The molecule has 0 aromatic heterocycles. The number of rotatable bonds is 8. The average Bonchev–Trinajstić information content (AvgIpc) is 2.27. The predicted molar refractivity (Wildman–Crippen MR) is 66.6 cm³/mol. The monoisotopic (exact) mass is 244 g/mol. The maximum atomic E-state index is 12.0. The summed E-state index contributed by atoms with van der Waals surface area (Å²) in [6.07, 6.45) is 2.44. The molecule has 3 N–H and O–H groups in total. The third-order valence-electron chi connectivity index (χ3n) is 2.87. The summed E-state index contributed by atoms with van der Waals surface area (Å²) >= 11 is 0. The van der Waals surface area contributed by atoms with E-state index in [-0.39, 0.29) is 18.4 Å². The molecule has 0 aliphatic heterocycles. The van der Waals surface area contributed by atoms with E-state index in [1.54, 1.807) is 4.90 Å². The summed E-state index contributed by atoms with van der Waals surface area (Å²) in [5.41, 5.74) is 5.61. The van der Waals surface area contributed by atoms with Crippen LogP contribution in [-0.4, -0.2) is 40.5 Å². The Labute approximate surface area is 103 Å². The van der Waals surface area contributed by atoms with Crippen LogP contribution in [0.4, 0.5) is 0 Å². The van der Waals surface area contributed by atoms with Gasteiger partial charge in [0, 0.05) is 12.6 Å². The van der Waals surface area contributed by atoms with Gasteiger partial charge in [0.25, 0.3) is 0 Å². The number of carbonyl (C=O) groups excluding carboxylic acids is 1. The van der Waals surface area contributed by atoms with Crippen molar-refractivity contribution in [2.24, 2.45) is 5.73 Å². The molecule has 0 aliphatic carbocycles. The molecule has 0 spiro atoms. The Hall–Kier alpha value is -1.10. The fraction of sp³-hybridized carbons (Fsp3) is 0.833. The van der Waals surface area contributed by atoms with Crippen molar-refractivity contribution in [1.29, 1.82) is 0 Å². The normalized spacial score (nSPS) is 14.1. The molecule has 0 aliphatic rings. The van der Waals surface area contributed by atoms with Gasteiger partial charge in [-0.15, -0.1) is 0 Å². The quantitative estimate of drug-likeness (QED) is 0.672. The number of carbonyl (C=O) groups is 2.